The van der Waals surface area contributed by atoms with Crippen LogP contribution in [-0.2, 0) is 29.0 Å². The number of H-pyrrole nitrogens is 1. The second kappa shape index (κ2) is 9.13. The number of carbonyl (C=O) groups excluding carboxylic acids is 2. The van der Waals surface area contributed by atoms with Gasteiger partial charge in [-0.3, -0.25) is 14.6 Å². The SMILES string of the molecule is CCOC(=O)c1nn(CCOC)c2c1CN(C(=O)c1cc(-c3ccccc3)n[nH]1)CC2. The Balaban J connectivity index is 1.58. The van der Waals surface area contributed by atoms with Crippen LogP contribution in [0, 0.1) is 0 Å². The second-order valence-corrected chi connectivity index (χ2v) is 7.22. The minimum Gasteiger partial charge on any atom is -0.461 e. The molecule has 1 aliphatic heterocycles. The van der Waals surface area contributed by atoms with E-state index in [0.717, 1.165) is 16.8 Å². The quantitative estimate of drug-likeness (QED) is 0.585. The molecule has 0 saturated heterocycles. The number of nitrogens with one attached hydrogen (secondary N) is 1. The van der Waals surface area contributed by atoms with Crippen LogP contribution in [0.4, 0.5) is 0 Å². The average Bonchev–Trinajstić information content (AvgIpc) is 3.43. The highest BCUT2D eigenvalue weighted by atomic mass is 16.5. The standard InChI is InChI=1S/C22H25N5O4/c1-3-31-22(29)20-16-14-26(10-9-19(16)27(25-20)11-12-30-2)21(28)18-13-17(23-24-18)15-7-5-4-6-8-15/h4-8,13H,3,9-12,14H2,1-2H3,(H,23,24). The van der Waals surface area contributed by atoms with E-state index in [-0.39, 0.29) is 24.8 Å². The Bertz CT molecular complexity index is 1070. The number of nitrogens with zero attached hydrogens (tertiary/aromatic N) is 4. The Kier molecular flexibility index (Phi) is 6.13. The summed E-state index contributed by atoms with van der Waals surface area (Å²) >= 11 is 0. The smallest absolute Gasteiger partial charge is 0.359 e. The lowest BCUT2D eigenvalue weighted by Gasteiger charge is -2.27. The number of aromatic nitrogens is 4. The predicted molar refractivity (Wildman–Crippen MR) is 113 cm³/mol. The first-order valence-corrected chi connectivity index (χ1v) is 10.3. The second-order valence-electron chi connectivity index (χ2n) is 7.22. The van der Waals surface area contributed by atoms with Gasteiger partial charge in [0.15, 0.2) is 5.69 Å². The van der Waals surface area contributed by atoms with E-state index in [0.29, 0.717) is 37.5 Å². The van der Waals surface area contributed by atoms with E-state index in [1.807, 2.05) is 30.3 Å². The van der Waals surface area contributed by atoms with Crippen molar-refractivity contribution in [3.8, 4) is 11.3 Å². The Hall–Kier alpha value is -3.46. The van der Waals surface area contributed by atoms with Crippen molar-refractivity contribution in [2.24, 2.45) is 0 Å². The van der Waals surface area contributed by atoms with Crippen molar-refractivity contribution in [3.05, 3.63) is 59.0 Å². The van der Waals surface area contributed by atoms with Crippen molar-refractivity contribution in [1.29, 1.82) is 0 Å². The van der Waals surface area contributed by atoms with Crippen LogP contribution in [0.2, 0.25) is 0 Å². The molecule has 0 unspecified atom stereocenters. The zero-order chi connectivity index (χ0) is 21.8. The first kappa shape index (κ1) is 20.8. The molecular formula is C22H25N5O4. The average molecular weight is 423 g/mol. The van der Waals surface area contributed by atoms with E-state index < -0.39 is 5.97 Å². The first-order chi connectivity index (χ1) is 15.1. The molecule has 9 heteroatoms. The summed E-state index contributed by atoms with van der Waals surface area (Å²) in [6, 6.07) is 11.4. The molecule has 0 fully saturated rings. The van der Waals surface area contributed by atoms with E-state index >= 15 is 0 Å². The topological polar surface area (TPSA) is 102 Å². The molecule has 3 aromatic rings. The molecule has 1 amide bonds. The minimum absolute atomic E-state index is 0.167. The van der Waals surface area contributed by atoms with Crippen LogP contribution in [0.5, 0.6) is 0 Å². The third-order valence-corrected chi connectivity index (χ3v) is 5.28. The molecule has 1 aliphatic rings. The number of methoxy groups -OCH3 is 1. The molecule has 0 bridgehead atoms. The number of esters is 1. The highest BCUT2D eigenvalue weighted by Gasteiger charge is 2.31. The molecular weight excluding hydrogens is 398 g/mol. The zero-order valence-electron chi connectivity index (χ0n) is 17.6. The summed E-state index contributed by atoms with van der Waals surface area (Å²) in [5.41, 5.74) is 3.99. The van der Waals surface area contributed by atoms with Gasteiger partial charge in [0.1, 0.15) is 5.69 Å². The van der Waals surface area contributed by atoms with Crippen LogP contribution in [-0.4, -0.2) is 63.6 Å². The van der Waals surface area contributed by atoms with Gasteiger partial charge in [0.2, 0.25) is 0 Å². The number of hydrogen-bond acceptors (Lipinski definition) is 6. The van der Waals surface area contributed by atoms with Gasteiger partial charge in [0.05, 0.1) is 32.0 Å². The summed E-state index contributed by atoms with van der Waals surface area (Å²) < 4.78 is 12.1. The predicted octanol–water partition coefficient (Wildman–Crippen LogP) is 2.29. The Morgan fingerprint density at radius 3 is 2.77 bits per heavy atom. The summed E-state index contributed by atoms with van der Waals surface area (Å²) in [6.07, 6.45) is 0.594. The van der Waals surface area contributed by atoms with Gasteiger partial charge in [-0.1, -0.05) is 30.3 Å². The van der Waals surface area contributed by atoms with E-state index in [9.17, 15) is 9.59 Å². The molecule has 4 rings (SSSR count). The van der Waals surface area contributed by atoms with Gasteiger partial charge in [0.25, 0.3) is 5.91 Å². The van der Waals surface area contributed by atoms with Crippen molar-refractivity contribution in [1.82, 2.24) is 24.9 Å². The van der Waals surface area contributed by atoms with Gasteiger partial charge in [-0.25, -0.2) is 4.79 Å². The zero-order valence-corrected chi connectivity index (χ0v) is 17.6. The largest absolute Gasteiger partial charge is 0.461 e. The van der Waals surface area contributed by atoms with Gasteiger partial charge < -0.3 is 14.4 Å². The maximum absolute atomic E-state index is 13.1. The van der Waals surface area contributed by atoms with Crippen LogP contribution in [0.3, 0.4) is 0 Å². The minimum atomic E-state index is -0.475. The van der Waals surface area contributed by atoms with E-state index in [4.69, 9.17) is 9.47 Å². The van der Waals surface area contributed by atoms with Gasteiger partial charge in [-0.2, -0.15) is 10.2 Å². The maximum atomic E-state index is 13.1. The Morgan fingerprint density at radius 2 is 2.03 bits per heavy atom. The molecule has 0 spiro atoms. The summed E-state index contributed by atoms with van der Waals surface area (Å²) in [4.78, 5) is 27.3. The van der Waals surface area contributed by atoms with E-state index in [1.165, 1.54) is 0 Å². The Labute approximate surface area is 180 Å². The van der Waals surface area contributed by atoms with Crippen molar-refractivity contribution in [3.63, 3.8) is 0 Å². The Morgan fingerprint density at radius 1 is 1.23 bits per heavy atom. The fraction of sp³-hybridized carbons (Fsp3) is 0.364. The third kappa shape index (κ3) is 4.22. The molecule has 1 aromatic carbocycles. The lowest BCUT2D eigenvalue weighted by Crippen LogP contribution is -2.37. The van der Waals surface area contributed by atoms with E-state index in [1.54, 1.807) is 29.7 Å². The van der Waals surface area contributed by atoms with Gasteiger partial charge in [-0.15, -0.1) is 0 Å². The lowest BCUT2D eigenvalue weighted by molar-refractivity contribution is 0.0512. The highest BCUT2D eigenvalue weighted by molar-refractivity contribution is 5.94. The maximum Gasteiger partial charge on any atom is 0.359 e. The fourth-order valence-corrected chi connectivity index (χ4v) is 3.75. The fourth-order valence-electron chi connectivity index (χ4n) is 3.75. The van der Waals surface area contributed by atoms with Gasteiger partial charge in [-0.05, 0) is 13.0 Å². The molecule has 162 valence electrons. The highest BCUT2D eigenvalue weighted by Crippen LogP contribution is 2.25. The summed E-state index contributed by atoms with van der Waals surface area (Å²) in [7, 11) is 1.62. The van der Waals surface area contributed by atoms with Gasteiger partial charge in [0, 0.05) is 36.9 Å². The number of aromatic amines is 1. The monoisotopic (exact) mass is 423 g/mol. The number of benzene rings is 1. The van der Waals surface area contributed by atoms with Gasteiger partial charge >= 0.3 is 5.97 Å². The molecule has 2 aromatic heterocycles. The first-order valence-electron chi connectivity index (χ1n) is 10.3. The third-order valence-electron chi connectivity index (χ3n) is 5.28. The molecule has 3 heterocycles. The van der Waals surface area contributed by atoms with Crippen molar-refractivity contribution >= 4 is 11.9 Å². The van der Waals surface area contributed by atoms with Crippen molar-refractivity contribution < 1.29 is 19.1 Å². The van der Waals surface area contributed by atoms with Crippen molar-refractivity contribution in [2.45, 2.75) is 26.4 Å². The lowest BCUT2D eigenvalue weighted by atomic mass is 10.0. The summed E-state index contributed by atoms with van der Waals surface area (Å²) in [5.74, 6) is -0.642. The normalized spacial score (nSPS) is 13.2. The molecule has 0 atom stereocenters. The molecule has 0 radical (unpaired) electrons. The molecule has 0 aliphatic carbocycles. The van der Waals surface area contributed by atoms with Crippen LogP contribution in [0.1, 0.15) is 39.2 Å². The van der Waals surface area contributed by atoms with Crippen LogP contribution < -0.4 is 0 Å². The number of carbonyl (C=O) groups is 2. The number of rotatable bonds is 7. The van der Waals surface area contributed by atoms with Crippen LogP contribution in [0.25, 0.3) is 11.3 Å². The van der Waals surface area contributed by atoms with Crippen LogP contribution >= 0.6 is 0 Å². The van der Waals surface area contributed by atoms with E-state index in [2.05, 4.69) is 15.3 Å². The molecule has 9 nitrogen and oxygen atoms in total. The van der Waals surface area contributed by atoms with Crippen LogP contribution in [0.15, 0.2) is 36.4 Å². The summed E-state index contributed by atoms with van der Waals surface area (Å²) in [6.45, 7) is 3.84. The number of fused-ring (bicyclic) bond motifs is 1. The molecule has 0 saturated carbocycles. The number of ether oxygens (including phenoxy) is 2. The van der Waals surface area contributed by atoms with Crippen molar-refractivity contribution in [2.75, 3.05) is 26.9 Å². The summed E-state index contributed by atoms with van der Waals surface area (Å²) in [5, 5.41) is 11.6. The molecule has 31 heavy (non-hydrogen) atoms. The number of hydrogen-bond donors (Lipinski definition) is 1. The number of amides is 1. The molecule has 1 N–H and O–H groups in total.